The second-order valence-corrected chi connectivity index (χ2v) is 6.82. The van der Waals surface area contributed by atoms with Gasteiger partial charge in [0.05, 0.1) is 17.5 Å². The summed E-state index contributed by atoms with van der Waals surface area (Å²) in [6.45, 7) is 0. The van der Waals surface area contributed by atoms with Crippen LogP contribution in [0.1, 0.15) is 0 Å². The third-order valence-electron chi connectivity index (χ3n) is 4.53. The van der Waals surface area contributed by atoms with Crippen molar-refractivity contribution in [1.82, 2.24) is 0 Å². The van der Waals surface area contributed by atoms with Gasteiger partial charge in [0.25, 0.3) is 0 Å². The monoisotopic (exact) mass is 365 g/mol. The Morgan fingerprint density at radius 1 is 0.895 bits per heavy atom. The van der Waals surface area contributed by atoms with Crippen molar-refractivity contribution in [3.8, 4) is 0 Å². The molecule has 2 fully saturated rings. The number of anilines is 1. The first-order chi connectivity index (χ1) is 9.20. The Bertz CT molecular complexity index is 565. The maximum atomic E-state index is 12.6. The molecule has 1 saturated carbocycles. The summed E-state index contributed by atoms with van der Waals surface area (Å²) in [6.07, 6.45) is 4.26. The van der Waals surface area contributed by atoms with E-state index in [1.165, 1.54) is 4.90 Å². The number of carbonyl (C=O) groups is 2. The van der Waals surface area contributed by atoms with Crippen molar-refractivity contribution in [2.24, 2.45) is 23.7 Å². The van der Waals surface area contributed by atoms with Crippen LogP contribution >= 0.6 is 22.6 Å². The third kappa shape index (κ3) is 1.38. The third-order valence-corrected chi connectivity index (χ3v) is 6.19. The Balaban J connectivity index is 1.77. The van der Waals surface area contributed by atoms with Gasteiger partial charge in [-0.3, -0.25) is 14.5 Å². The zero-order valence-electron chi connectivity index (χ0n) is 10.1. The minimum Gasteiger partial charge on any atom is -0.274 e. The molecular formula is C15H12INO2. The smallest absolute Gasteiger partial charge is 0.238 e. The lowest BCUT2D eigenvalue weighted by Gasteiger charge is -2.19. The fourth-order valence-electron chi connectivity index (χ4n) is 3.71. The first kappa shape index (κ1) is 11.6. The van der Waals surface area contributed by atoms with Gasteiger partial charge in [0.15, 0.2) is 0 Å². The molecule has 1 unspecified atom stereocenters. The molecule has 5 atom stereocenters. The van der Waals surface area contributed by atoms with E-state index in [0.29, 0.717) is 9.61 Å². The summed E-state index contributed by atoms with van der Waals surface area (Å²) in [5, 5.41) is 0. The Morgan fingerprint density at radius 3 is 1.95 bits per heavy atom. The maximum Gasteiger partial charge on any atom is 0.238 e. The van der Waals surface area contributed by atoms with Gasteiger partial charge < -0.3 is 0 Å². The highest BCUT2D eigenvalue weighted by molar-refractivity contribution is 14.1. The molecule has 1 heterocycles. The van der Waals surface area contributed by atoms with E-state index >= 15 is 0 Å². The summed E-state index contributed by atoms with van der Waals surface area (Å²) in [7, 11) is 0. The molecule has 0 radical (unpaired) electrons. The van der Waals surface area contributed by atoms with Gasteiger partial charge in [0.1, 0.15) is 0 Å². The van der Waals surface area contributed by atoms with Gasteiger partial charge in [0, 0.05) is 15.8 Å². The van der Waals surface area contributed by atoms with Crippen LogP contribution < -0.4 is 4.90 Å². The van der Waals surface area contributed by atoms with E-state index in [4.69, 9.17) is 0 Å². The standard InChI is InChI=1S/C15H12INO2/c16-13-9-6-7-10(13)12-11(9)14(18)17(15(12)19)8-4-2-1-3-5-8/h1-7,9-13H/t9-,10+,11+,12-,13?. The summed E-state index contributed by atoms with van der Waals surface area (Å²) < 4.78 is 0.401. The molecule has 2 amide bonds. The number of para-hydroxylation sites is 1. The molecule has 0 N–H and O–H groups in total. The number of benzene rings is 1. The molecule has 1 saturated heterocycles. The van der Waals surface area contributed by atoms with Gasteiger partial charge in [-0.2, -0.15) is 0 Å². The molecule has 19 heavy (non-hydrogen) atoms. The zero-order chi connectivity index (χ0) is 13.1. The van der Waals surface area contributed by atoms with E-state index in [1.807, 2.05) is 30.3 Å². The predicted molar refractivity (Wildman–Crippen MR) is 79.8 cm³/mol. The van der Waals surface area contributed by atoms with E-state index in [2.05, 4.69) is 34.7 Å². The maximum absolute atomic E-state index is 12.6. The number of hydrogen-bond donors (Lipinski definition) is 0. The van der Waals surface area contributed by atoms with Crippen LogP contribution in [-0.2, 0) is 9.59 Å². The molecule has 3 nitrogen and oxygen atoms in total. The molecule has 1 aromatic rings. The molecule has 4 heteroatoms. The minimum absolute atomic E-state index is 0.0142. The van der Waals surface area contributed by atoms with Crippen molar-refractivity contribution in [2.75, 3.05) is 4.90 Å². The van der Waals surface area contributed by atoms with Crippen molar-refractivity contribution < 1.29 is 9.59 Å². The second-order valence-electron chi connectivity index (χ2n) is 5.38. The Kier molecular flexibility index (Phi) is 2.40. The van der Waals surface area contributed by atoms with Crippen molar-refractivity contribution in [1.29, 1.82) is 0 Å². The van der Waals surface area contributed by atoms with Crippen LogP contribution in [0.5, 0.6) is 0 Å². The lowest BCUT2D eigenvalue weighted by molar-refractivity contribution is -0.123. The van der Waals surface area contributed by atoms with E-state index in [0.717, 1.165) is 0 Å². The van der Waals surface area contributed by atoms with E-state index in [1.54, 1.807) is 0 Å². The Hall–Kier alpha value is -1.17. The summed E-state index contributed by atoms with van der Waals surface area (Å²) in [6, 6.07) is 9.26. The topological polar surface area (TPSA) is 37.4 Å². The van der Waals surface area contributed by atoms with Crippen LogP contribution in [0.15, 0.2) is 42.5 Å². The molecule has 2 bridgehead atoms. The Labute approximate surface area is 124 Å². The van der Waals surface area contributed by atoms with E-state index < -0.39 is 0 Å². The van der Waals surface area contributed by atoms with Crippen molar-refractivity contribution >= 4 is 40.1 Å². The number of carbonyl (C=O) groups excluding carboxylic acids is 2. The first-order valence-corrected chi connectivity index (χ1v) is 7.70. The number of allylic oxidation sites excluding steroid dienone is 2. The van der Waals surface area contributed by atoms with Crippen molar-refractivity contribution in [3.05, 3.63) is 42.5 Å². The first-order valence-electron chi connectivity index (χ1n) is 6.45. The van der Waals surface area contributed by atoms with Crippen molar-refractivity contribution in [2.45, 2.75) is 3.92 Å². The summed E-state index contributed by atoms with van der Waals surface area (Å²) in [4.78, 5) is 26.6. The number of halogens is 1. The Morgan fingerprint density at radius 2 is 1.42 bits per heavy atom. The largest absolute Gasteiger partial charge is 0.274 e. The summed E-state index contributed by atoms with van der Waals surface area (Å²) >= 11 is 2.39. The lowest BCUT2D eigenvalue weighted by atomic mass is 9.85. The molecular weight excluding hydrogens is 353 g/mol. The number of alkyl halides is 1. The second kappa shape index (κ2) is 3.91. The van der Waals surface area contributed by atoms with Crippen LogP contribution in [-0.4, -0.2) is 15.7 Å². The molecule has 0 aromatic heterocycles. The number of fused-ring (bicyclic) bond motifs is 5. The molecule has 1 aromatic carbocycles. The molecule has 2 aliphatic carbocycles. The number of rotatable bonds is 1. The van der Waals surface area contributed by atoms with Gasteiger partial charge in [-0.05, 0) is 12.1 Å². The predicted octanol–water partition coefficient (Wildman–Crippen LogP) is 2.41. The highest BCUT2D eigenvalue weighted by Crippen LogP contribution is 2.56. The zero-order valence-corrected chi connectivity index (χ0v) is 12.2. The van der Waals surface area contributed by atoms with Gasteiger partial charge in [-0.25, -0.2) is 0 Å². The van der Waals surface area contributed by atoms with E-state index in [-0.39, 0.29) is 35.5 Å². The summed E-state index contributed by atoms with van der Waals surface area (Å²) in [5.41, 5.74) is 0.705. The van der Waals surface area contributed by atoms with Gasteiger partial charge in [-0.1, -0.05) is 52.9 Å². The fraction of sp³-hybridized carbons (Fsp3) is 0.333. The molecule has 1 aliphatic heterocycles. The van der Waals surface area contributed by atoms with E-state index in [9.17, 15) is 9.59 Å². The average Bonchev–Trinajstić information content (AvgIpc) is 3.01. The number of amides is 2. The number of imide groups is 1. The van der Waals surface area contributed by atoms with Crippen LogP contribution in [0.3, 0.4) is 0 Å². The van der Waals surface area contributed by atoms with Crippen LogP contribution in [0, 0.1) is 23.7 Å². The molecule has 96 valence electrons. The fourth-order valence-corrected chi connectivity index (χ4v) is 5.09. The van der Waals surface area contributed by atoms with Crippen LogP contribution in [0.4, 0.5) is 5.69 Å². The van der Waals surface area contributed by atoms with Gasteiger partial charge >= 0.3 is 0 Å². The highest BCUT2D eigenvalue weighted by Gasteiger charge is 2.63. The van der Waals surface area contributed by atoms with Gasteiger partial charge in [0.2, 0.25) is 11.8 Å². The number of hydrogen-bond acceptors (Lipinski definition) is 2. The molecule has 4 rings (SSSR count). The normalized spacial score (nSPS) is 39.2. The molecule has 0 spiro atoms. The minimum atomic E-state index is -0.135. The van der Waals surface area contributed by atoms with Crippen LogP contribution in [0.25, 0.3) is 0 Å². The van der Waals surface area contributed by atoms with Crippen LogP contribution in [0.2, 0.25) is 0 Å². The SMILES string of the molecule is O=C1[C@@H]2[C@H](C(=O)N1c1ccccc1)[C@@H]1C=C[C@H]2C1I. The average molecular weight is 365 g/mol. The van der Waals surface area contributed by atoms with Crippen molar-refractivity contribution in [3.63, 3.8) is 0 Å². The number of nitrogens with zero attached hydrogens (tertiary/aromatic N) is 1. The quantitative estimate of drug-likeness (QED) is 0.332. The molecule has 3 aliphatic rings. The lowest BCUT2D eigenvalue weighted by Crippen LogP contribution is -2.34. The summed E-state index contributed by atoms with van der Waals surface area (Å²) in [5.74, 6) is 0.176. The highest BCUT2D eigenvalue weighted by atomic mass is 127. The van der Waals surface area contributed by atoms with Gasteiger partial charge in [-0.15, -0.1) is 0 Å².